The number of ether oxygens (including phenoxy) is 5. The van der Waals surface area contributed by atoms with Gasteiger partial charge in [0.2, 0.25) is 29.8 Å². The minimum absolute atomic E-state index is 0. The lowest BCUT2D eigenvalue weighted by Gasteiger charge is -2.38. The van der Waals surface area contributed by atoms with Crippen molar-refractivity contribution in [2.45, 2.75) is 122 Å². The van der Waals surface area contributed by atoms with Crippen molar-refractivity contribution >= 4 is 59.7 Å². The maximum Gasteiger partial charge on any atom is 0.335 e. The van der Waals surface area contributed by atoms with Crippen LogP contribution in [0.5, 0.6) is 11.5 Å². The fourth-order valence-corrected chi connectivity index (χ4v) is 5.60. The third-order valence-corrected chi connectivity index (χ3v) is 9.42. The van der Waals surface area contributed by atoms with E-state index < -0.39 is 92.2 Å². The third kappa shape index (κ3) is 19.3. The minimum atomic E-state index is -1.87. The summed E-state index contributed by atoms with van der Waals surface area (Å²) in [5.41, 5.74) is 2.36. The van der Waals surface area contributed by atoms with Gasteiger partial charge in [0.25, 0.3) is 12.9 Å². The number of carbonyl (C=O) groups is 8. The molecule has 26 nitrogen and oxygen atoms in total. The van der Waals surface area contributed by atoms with E-state index in [9.17, 15) is 58.8 Å². The second-order valence-electron chi connectivity index (χ2n) is 14.6. The molecule has 3 aliphatic rings. The van der Waals surface area contributed by atoms with Crippen molar-refractivity contribution in [3.63, 3.8) is 0 Å². The Morgan fingerprint density at radius 1 is 0.690 bits per heavy atom. The fraction of sp³-hybridized carbons (Fsp3) is 0.422. The van der Waals surface area contributed by atoms with Gasteiger partial charge in [-0.3, -0.25) is 28.8 Å². The van der Waals surface area contributed by atoms with Gasteiger partial charge >= 0.3 is 11.9 Å². The van der Waals surface area contributed by atoms with Crippen LogP contribution in [0, 0.1) is 0 Å². The van der Waals surface area contributed by atoms with Gasteiger partial charge in [0.05, 0.1) is 17.1 Å². The summed E-state index contributed by atoms with van der Waals surface area (Å²) in [6, 6.07) is 8.59. The molecule has 26 heteroatoms. The van der Waals surface area contributed by atoms with E-state index in [1.807, 2.05) is 0 Å². The van der Waals surface area contributed by atoms with Crippen LogP contribution in [0.3, 0.4) is 0 Å². The van der Waals surface area contributed by atoms with Gasteiger partial charge in [-0.15, -0.1) is 0 Å². The number of benzene rings is 2. The average Bonchev–Trinajstić information content (AvgIpc) is 3.33. The van der Waals surface area contributed by atoms with Crippen molar-refractivity contribution in [2.24, 2.45) is 0 Å². The van der Waals surface area contributed by atoms with Gasteiger partial charge < -0.3 is 90.7 Å². The quantitative estimate of drug-likeness (QED) is 0.0817. The van der Waals surface area contributed by atoms with Gasteiger partial charge in [0.15, 0.2) is 21.2 Å². The van der Waals surface area contributed by atoms with E-state index in [0.717, 1.165) is 0 Å². The number of carbonyl (C=O) groups excluding carboxylic acids is 6. The van der Waals surface area contributed by atoms with Gasteiger partial charge in [0.1, 0.15) is 61.3 Å². The van der Waals surface area contributed by atoms with E-state index in [1.165, 1.54) is 36.4 Å². The van der Waals surface area contributed by atoms with Crippen molar-refractivity contribution in [1.82, 2.24) is 5.32 Å². The molecule has 5 rings (SSSR count). The third-order valence-electron chi connectivity index (χ3n) is 9.42. The summed E-state index contributed by atoms with van der Waals surface area (Å²) < 4.78 is 37.2. The molecule has 394 valence electrons. The van der Waals surface area contributed by atoms with Crippen LogP contribution in [0.2, 0.25) is 0 Å². The number of phenolic OH excluding ortho intramolecular Hbond substituents is 1. The molecule has 4 unspecified atom stereocenters. The molecule has 71 heavy (non-hydrogen) atoms. The Balaban J connectivity index is 0.00000102. The number of phenols is 1. The first-order valence-electron chi connectivity index (χ1n) is 21.7. The highest BCUT2D eigenvalue weighted by atomic mass is 16.7. The zero-order chi connectivity index (χ0) is 54.6. The summed E-state index contributed by atoms with van der Waals surface area (Å²) in [4.78, 5) is 87.6. The van der Waals surface area contributed by atoms with E-state index in [-0.39, 0.29) is 69.0 Å². The first-order chi connectivity index (χ1) is 33.7. The minimum Gasteiger partial charge on any atom is -0.506 e. The van der Waals surface area contributed by atoms with Gasteiger partial charge in [-0.25, -0.2) is 9.59 Å². The van der Waals surface area contributed by atoms with Crippen molar-refractivity contribution in [3.8, 4) is 11.5 Å². The number of carboxylic acids is 2. The van der Waals surface area contributed by atoms with Gasteiger partial charge in [0, 0.05) is 20.7 Å². The zero-order valence-electron chi connectivity index (χ0n) is 39.5. The number of aliphatic hydroxyl groups excluding tert-OH is 7. The number of aromatic hydroxyl groups is 1. The molecule has 0 radical (unpaired) electrons. The summed E-state index contributed by atoms with van der Waals surface area (Å²) in [6.07, 6.45) is -14.7. The summed E-state index contributed by atoms with van der Waals surface area (Å²) >= 11 is 0. The standard InChI is InChI=1S/C17H21NO10.C11H13NO4.C10H11NO2.C6H10O7.CH4.H2/c1-2-11(20)18-9-5-8(6-26-7-19)3-4-10(9)27-17-14(23)12(21)13(22)15(28-17)16(24)25;1-2-11(15)12-9-5-8(6-16-7-13)3-4-10(9)14;1-3-10(13)11-8-6-7(2)4-5-9(8)12;7-1-2(8)4(5(10)11)13-6(12)3(1)9;;/h3-5,7,12-15,17,21-23H,2,6H2,1H3,(H,18,20)(H,24,25);3-5,7,14H,2,6H2,1H3,(H,12,15);4-6H,2-3H2,1H3,(H,11,13);1-4,6-9,12H,(H,10,11);1H4;1H/t12-,13-,14?,15?,17+;;;1-,2-,3?,4?,6+;;/m0..0../s1/i2*7D;;;;1+1. The molecule has 0 spiro atoms. The van der Waals surface area contributed by atoms with Crippen LogP contribution in [0.15, 0.2) is 72.5 Å². The van der Waals surface area contributed by atoms with E-state index >= 15 is 0 Å². The van der Waals surface area contributed by atoms with E-state index in [2.05, 4.69) is 36.7 Å². The monoisotopic (exact) mass is 1010 g/mol. The molecule has 1 aliphatic carbocycles. The maximum absolute atomic E-state index is 11.8. The Morgan fingerprint density at radius 2 is 1.15 bits per heavy atom. The summed E-state index contributed by atoms with van der Waals surface area (Å²) in [6.45, 7) is 8.37. The second-order valence-corrected chi connectivity index (χ2v) is 14.6. The smallest absolute Gasteiger partial charge is 0.335 e. The molecule has 2 heterocycles. The molecule has 10 atom stereocenters. The Kier molecular flexibility index (Phi) is 25.0. The Labute approximate surface area is 409 Å². The zero-order valence-corrected chi connectivity index (χ0v) is 37.5. The first kappa shape index (κ1) is 58.2. The number of ketones is 1. The number of aliphatic hydroxyl groups is 7. The van der Waals surface area contributed by atoms with Crippen molar-refractivity contribution in [3.05, 3.63) is 83.6 Å². The number of hydrogen-bond acceptors (Lipinski definition) is 21. The Morgan fingerprint density at radius 3 is 1.66 bits per heavy atom. The van der Waals surface area contributed by atoms with Gasteiger partial charge in [-0.05, 0) is 53.1 Å². The number of carboxylic acid groups (broad SMARTS) is 2. The van der Waals surface area contributed by atoms with Crippen molar-refractivity contribution in [2.75, 3.05) is 10.6 Å². The molecule has 2 aromatic rings. The molecule has 2 fully saturated rings. The van der Waals surface area contributed by atoms with Crippen molar-refractivity contribution in [1.29, 1.82) is 0 Å². The molecule has 3 amide bonds. The molecule has 2 saturated heterocycles. The molecule has 0 saturated carbocycles. The van der Waals surface area contributed by atoms with Gasteiger partial charge in [-0.1, -0.05) is 53.0 Å². The van der Waals surface area contributed by atoms with Crippen LogP contribution in [0.25, 0.3) is 0 Å². The number of amides is 3. The first-order valence-corrected chi connectivity index (χ1v) is 20.7. The van der Waals surface area contributed by atoms with Crippen LogP contribution < -0.4 is 20.7 Å². The molecular weight excluding hydrogens is 950 g/mol. The SMILES string of the molecule is C.C=C1C=CC(=O)C(NC(=O)CC)=C1.O=C(O)C1O[C@@H](O)C(O)[C@@H](O)[C@@H]1O.[2HH].[2H]C(=O)OCc1ccc(O)c(NC(=O)CC)c1.[2H]C(=O)OCc1ccc(O[C@@H]2OC(C(=O)O)[C@@H](O)[C@H](O)C2O)c(NC(=O)CC)c1. The lowest BCUT2D eigenvalue weighted by Crippen LogP contribution is -2.61. The number of rotatable bonds is 14. The number of nitrogens with one attached hydrogen (secondary N) is 3. The normalized spacial score (nSPS) is 24.5. The second kappa shape index (κ2) is 30.5. The van der Waals surface area contributed by atoms with E-state index in [4.69, 9.17) is 42.9 Å². The number of allylic oxidation sites excluding steroid dienone is 4. The lowest BCUT2D eigenvalue weighted by molar-refractivity contribution is -0.279. The summed E-state index contributed by atoms with van der Waals surface area (Å²) in [7, 11) is 0. The van der Waals surface area contributed by atoms with Crippen molar-refractivity contribution < 1.29 is 117 Å². The van der Waals surface area contributed by atoms with Crippen LogP contribution in [0.4, 0.5) is 11.4 Å². The van der Waals surface area contributed by atoms with Crippen LogP contribution >= 0.6 is 0 Å². The molecule has 0 aromatic heterocycles. The average molecular weight is 1010 g/mol. The summed E-state index contributed by atoms with van der Waals surface area (Å²) in [5.74, 6) is -4.15. The van der Waals surface area contributed by atoms with Crippen LogP contribution in [-0.2, 0) is 70.5 Å². The molecule has 2 aromatic carbocycles. The maximum atomic E-state index is 11.8. The predicted molar refractivity (Wildman–Crippen MR) is 244 cm³/mol. The lowest BCUT2D eigenvalue weighted by atomic mass is 9.99. The summed E-state index contributed by atoms with van der Waals surface area (Å²) in [5, 5.41) is 100. The molecule has 13 N–H and O–H groups in total. The molecule has 2 aliphatic heterocycles. The number of hydrogen-bond donors (Lipinski definition) is 13. The van der Waals surface area contributed by atoms with E-state index in [0.29, 0.717) is 35.2 Å². The Bertz CT molecular complexity index is 2350. The predicted octanol–water partition coefficient (Wildman–Crippen LogP) is -0.763. The molecular formula is C45H61N3O23. The Hall–Kier alpha value is -7.14. The highest BCUT2D eigenvalue weighted by Crippen LogP contribution is 2.31. The highest BCUT2D eigenvalue weighted by Gasteiger charge is 2.48. The van der Waals surface area contributed by atoms with E-state index in [1.54, 1.807) is 39.0 Å². The highest BCUT2D eigenvalue weighted by molar-refractivity contribution is 6.08. The van der Waals surface area contributed by atoms with Crippen LogP contribution in [0.1, 0.15) is 62.8 Å². The fourth-order valence-electron chi connectivity index (χ4n) is 5.60. The largest absolute Gasteiger partial charge is 0.506 e. The molecule has 0 bridgehead atoms. The number of aliphatic carboxylic acids is 2. The van der Waals surface area contributed by atoms with Crippen LogP contribution in [-0.4, -0.2) is 161 Å². The number of anilines is 2. The van der Waals surface area contributed by atoms with Gasteiger partial charge in [-0.2, -0.15) is 0 Å². The topological polar surface area (TPSA) is 421 Å².